The van der Waals surface area contributed by atoms with Gasteiger partial charge in [-0.15, -0.1) is 0 Å². The zero-order valence-corrected chi connectivity index (χ0v) is 8.28. The number of nitrogens with one attached hydrogen (secondary N) is 2. The summed E-state index contributed by atoms with van der Waals surface area (Å²) >= 11 is 0. The molecule has 0 aliphatic carbocycles. The minimum atomic E-state index is -1.00. The summed E-state index contributed by atoms with van der Waals surface area (Å²) in [5, 5.41) is 4.85. The van der Waals surface area contributed by atoms with Crippen LogP contribution >= 0.6 is 0 Å². The lowest BCUT2D eigenvalue weighted by Gasteiger charge is -2.23. The summed E-state index contributed by atoms with van der Waals surface area (Å²) in [4.78, 5) is 26.9. The number of pyridine rings is 1. The molecule has 1 aromatic rings. The molecule has 0 aromatic carbocycles. The van der Waals surface area contributed by atoms with Gasteiger partial charge in [-0.3, -0.25) is 15.1 Å². The average molecular weight is 205 g/mol. The third-order valence-electron chi connectivity index (χ3n) is 2.57. The first kappa shape index (κ1) is 9.64. The van der Waals surface area contributed by atoms with Gasteiger partial charge in [0.2, 0.25) is 0 Å². The van der Waals surface area contributed by atoms with E-state index < -0.39 is 11.6 Å². The zero-order valence-electron chi connectivity index (χ0n) is 8.28. The van der Waals surface area contributed by atoms with Crippen LogP contribution in [0.1, 0.15) is 19.0 Å². The molecule has 78 valence electrons. The highest BCUT2D eigenvalue weighted by atomic mass is 16.2. The van der Waals surface area contributed by atoms with Crippen molar-refractivity contribution in [2.45, 2.75) is 18.9 Å². The van der Waals surface area contributed by atoms with Crippen molar-refractivity contribution in [2.24, 2.45) is 0 Å². The topological polar surface area (TPSA) is 71.1 Å². The quantitative estimate of drug-likeness (QED) is 0.692. The van der Waals surface area contributed by atoms with E-state index in [0.29, 0.717) is 12.1 Å². The Kier molecular flexibility index (Phi) is 2.15. The minimum Gasteiger partial charge on any atom is -0.318 e. The smallest absolute Gasteiger partial charge is 0.318 e. The molecule has 0 saturated carbocycles. The highest BCUT2D eigenvalue weighted by Gasteiger charge is 2.47. The monoisotopic (exact) mass is 205 g/mol. The molecule has 5 heteroatoms. The number of carbonyl (C=O) groups excluding carboxylic acids is 2. The van der Waals surface area contributed by atoms with E-state index in [1.165, 1.54) is 0 Å². The zero-order chi connectivity index (χ0) is 10.9. The van der Waals surface area contributed by atoms with Gasteiger partial charge in [0, 0.05) is 6.20 Å². The van der Waals surface area contributed by atoms with Crippen molar-refractivity contribution in [1.82, 2.24) is 15.6 Å². The first-order valence-electron chi connectivity index (χ1n) is 4.74. The molecule has 0 spiro atoms. The van der Waals surface area contributed by atoms with Gasteiger partial charge < -0.3 is 5.32 Å². The molecule has 1 fully saturated rings. The second kappa shape index (κ2) is 3.34. The number of imide groups is 1. The van der Waals surface area contributed by atoms with Crippen molar-refractivity contribution in [3.63, 3.8) is 0 Å². The Labute approximate surface area is 86.9 Å². The third-order valence-corrected chi connectivity index (χ3v) is 2.57. The van der Waals surface area contributed by atoms with Crippen LogP contribution in [0.3, 0.4) is 0 Å². The number of urea groups is 1. The van der Waals surface area contributed by atoms with Crippen molar-refractivity contribution < 1.29 is 9.59 Å². The van der Waals surface area contributed by atoms with Crippen LogP contribution in [-0.4, -0.2) is 16.9 Å². The molecule has 0 unspecified atom stereocenters. The van der Waals surface area contributed by atoms with Crippen LogP contribution in [0.15, 0.2) is 24.4 Å². The van der Waals surface area contributed by atoms with Gasteiger partial charge in [0.15, 0.2) is 5.54 Å². The largest absolute Gasteiger partial charge is 0.322 e. The highest BCUT2D eigenvalue weighted by Crippen LogP contribution is 2.26. The second-order valence-corrected chi connectivity index (χ2v) is 3.38. The van der Waals surface area contributed by atoms with Crippen LogP contribution in [0.4, 0.5) is 4.79 Å². The van der Waals surface area contributed by atoms with E-state index in [0.717, 1.165) is 0 Å². The van der Waals surface area contributed by atoms with E-state index >= 15 is 0 Å². The second-order valence-electron chi connectivity index (χ2n) is 3.38. The Bertz CT molecular complexity index is 404. The summed E-state index contributed by atoms with van der Waals surface area (Å²) in [7, 11) is 0. The summed E-state index contributed by atoms with van der Waals surface area (Å²) in [6, 6.07) is 4.82. The fourth-order valence-electron chi connectivity index (χ4n) is 1.72. The lowest BCUT2D eigenvalue weighted by Crippen LogP contribution is -2.43. The van der Waals surface area contributed by atoms with E-state index in [9.17, 15) is 9.59 Å². The van der Waals surface area contributed by atoms with Gasteiger partial charge in [-0.2, -0.15) is 0 Å². The van der Waals surface area contributed by atoms with Crippen LogP contribution in [-0.2, 0) is 10.3 Å². The van der Waals surface area contributed by atoms with Crippen molar-refractivity contribution >= 4 is 11.9 Å². The van der Waals surface area contributed by atoms with Gasteiger partial charge in [0.05, 0.1) is 5.69 Å². The van der Waals surface area contributed by atoms with E-state index in [1.54, 1.807) is 24.4 Å². The maximum absolute atomic E-state index is 11.7. The third kappa shape index (κ3) is 1.36. The molecule has 3 amide bonds. The van der Waals surface area contributed by atoms with Gasteiger partial charge in [-0.05, 0) is 18.6 Å². The van der Waals surface area contributed by atoms with Crippen LogP contribution in [0, 0.1) is 0 Å². The summed E-state index contributed by atoms with van der Waals surface area (Å²) in [6.45, 7) is 1.83. The molecule has 0 bridgehead atoms. The molecular weight excluding hydrogens is 194 g/mol. The summed E-state index contributed by atoms with van der Waals surface area (Å²) < 4.78 is 0. The fraction of sp³-hybridized carbons (Fsp3) is 0.300. The normalized spacial score (nSPS) is 24.9. The summed E-state index contributed by atoms with van der Waals surface area (Å²) in [5.41, 5.74) is -0.436. The molecule has 2 N–H and O–H groups in total. The van der Waals surface area contributed by atoms with Crippen LogP contribution < -0.4 is 10.6 Å². The minimum absolute atomic E-state index is 0.339. The molecule has 1 aromatic heterocycles. The molecule has 1 saturated heterocycles. The standard InChI is InChI=1S/C10H11N3O2/c1-2-10(7-5-3-4-6-11-7)8(14)12-9(15)13-10/h3-6H,2H2,1H3,(H2,12,13,14,15)/t10-/m1/s1. The Hall–Kier alpha value is -1.91. The van der Waals surface area contributed by atoms with Crippen molar-refractivity contribution in [1.29, 1.82) is 0 Å². The Balaban J connectivity index is 2.47. The predicted octanol–water partition coefficient (Wildman–Crippen LogP) is 0.526. The fourth-order valence-corrected chi connectivity index (χ4v) is 1.72. The maximum Gasteiger partial charge on any atom is 0.322 e. The van der Waals surface area contributed by atoms with Gasteiger partial charge in [0.25, 0.3) is 5.91 Å². The van der Waals surface area contributed by atoms with Gasteiger partial charge in [-0.1, -0.05) is 13.0 Å². The molecule has 2 rings (SSSR count). The van der Waals surface area contributed by atoms with Gasteiger partial charge in [0.1, 0.15) is 0 Å². The number of hydrogen-bond donors (Lipinski definition) is 2. The SMILES string of the molecule is CC[C@]1(c2ccccn2)NC(=O)NC1=O. The number of nitrogens with zero attached hydrogens (tertiary/aromatic N) is 1. The predicted molar refractivity (Wildman–Crippen MR) is 52.9 cm³/mol. The molecular formula is C10H11N3O2. The number of aromatic nitrogens is 1. The van der Waals surface area contributed by atoms with E-state index in [4.69, 9.17) is 0 Å². The Morgan fingerprint density at radius 3 is 2.67 bits per heavy atom. The van der Waals surface area contributed by atoms with Crippen LogP contribution in [0.5, 0.6) is 0 Å². The molecule has 15 heavy (non-hydrogen) atoms. The molecule has 1 aliphatic heterocycles. The number of carbonyl (C=O) groups is 2. The lowest BCUT2D eigenvalue weighted by atomic mass is 9.92. The Morgan fingerprint density at radius 1 is 1.40 bits per heavy atom. The first-order chi connectivity index (χ1) is 7.19. The van der Waals surface area contributed by atoms with E-state index in [1.807, 2.05) is 6.92 Å². The summed E-state index contributed by atoms with van der Waals surface area (Å²) in [5.74, 6) is -0.339. The van der Waals surface area contributed by atoms with Gasteiger partial charge in [-0.25, -0.2) is 4.79 Å². The Morgan fingerprint density at radius 2 is 2.20 bits per heavy atom. The van der Waals surface area contributed by atoms with Crippen molar-refractivity contribution in [2.75, 3.05) is 0 Å². The van der Waals surface area contributed by atoms with Crippen LogP contribution in [0.25, 0.3) is 0 Å². The average Bonchev–Trinajstić information content (AvgIpc) is 2.56. The number of rotatable bonds is 2. The summed E-state index contributed by atoms with van der Waals surface area (Å²) in [6.07, 6.45) is 2.08. The highest BCUT2D eigenvalue weighted by molar-refractivity contribution is 6.07. The lowest BCUT2D eigenvalue weighted by molar-refractivity contribution is -0.124. The molecule has 2 heterocycles. The van der Waals surface area contributed by atoms with Gasteiger partial charge >= 0.3 is 6.03 Å². The molecule has 1 atom stereocenters. The first-order valence-corrected chi connectivity index (χ1v) is 4.74. The maximum atomic E-state index is 11.7. The molecule has 5 nitrogen and oxygen atoms in total. The molecule has 0 radical (unpaired) electrons. The van der Waals surface area contributed by atoms with Crippen molar-refractivity contribution in [3.05, 3.63) is 30.1 Å². The number of hydrogen-bond acceptors (Lipinski definition) is 3. The van der Waals surface area contributed by atoms with Crippen molar-refractivity contribution in [3.8, 4) is 0 Å². The van der Waals surface area contributed by atoms with E-state index in [-0.39, 0.29) is 5.91 Å². The van der Waals surface area contributed by atoms with Crippen LogP contribution in [0.2, 0.25) is 0 Å². The molecule has 1 aliphatic rings. The van der Waals surface area contributed by atoms with E-state index in [2.05, 4.69) is 15.6 Å². The number of amides is 3.